The van der Waals surface area contributed by atoms with Crippen LogP contribution in [0, 0.1) is 33.8 Å². The summed E-state index contributed by atoms with van der Waals surface area (Å²) >= 11 is 12.2. The highest BCUT2D eigenvalue weighted by Gasteiger charge is 2.62. The number of hydrazine groups is 1. The number of Topliss-reactive ketones (excluding diaryl/α,β-unsaturated/α-hetero) is 1. The summed E-state index contributed by atoms with van der Waals surface area (Å²) < 4.78 is 5.31. The molecule has 11 nitrogen and oxygen atoms in total. The number of rotatable bonds is 8. The van der Waals surface area contributed by atoms with Crippen molar-refractivity contribution in [2.24, 2.45) is 23.7 Å². The molecule has 1 saturated heterocycles. The zero-order chi connectivity index (χ0) is 31.3. The minimum Gasteiger partial charge on any atom is -0.423 e. The summed E-state index contributed by atoms with van der Waals surface area (Å²) in [5.41, 5.74) is 0.0853. The van der Waals surface area contributed by atoms with Gasteiger partial charge in [-0.1, -0.05) is 23.2 Å². The molecule has 3 amide bonds. The van der Waals surface area contributed by atoms with E-state index in [0.717, 1.165) is 29.3 Å². The van der Waals surface area contributed by atoms with E-state index in [2.05, 4.69) is 0 Å². The molecule has 0 N–H and O–H groups in total. The predicted octanol–water partition coefficient (Wildman–Crippen LogP) is 5.39. The highest BCUT2D eigenvalue weighted by Crippen LogP contribution is 2.56. The number of nitro benzene ring substituents is 1. The van der Waals surface area contributed by atoms with Crippen molar-refractivity contribution in [1.29, 1.82) is 0 Å². The summed E-state index contributed by atoms with van der Waals surface area (Å²) in [7, 11) is 0. The number of non-ortho nitro benzene ring substituents is 1. The molecule has 6 rings (SSSR count). The summed E-state index contributed by atoms with van der Waals surface area (Å²) in [6, 6.07) is 14.5. The Bertz CT molecular complexity index is 1700. The Labute approximate surface area is 260 Å². The molecule has 44 heavy (non-hydrogen) atoms. The number of hydrogen-bond acceptors (Lipinski definition) is 8. The quantitative estimate of drug-likeness (QED) is 0.0800. The van der Waals surface area contributed by atoms with Crippen molar-refractivity contribution < 1.29 is 33.6 Å². The van der Waals surface area contributed by atoms with Gasteiger partial charge in [0.05, 0.1) is 32.4 Å². The van der Waals surface area contributed by atoms with Crippen LogP contribution in [0.15, 0.2) is 66.7 Å². The van der Waals surface area contributed by atoms with Crippen molar-refractivity contribution in [1.82, 2.24) is 10.0 Å². The number of amides is 3. The van der Waals surface area contributed by atoms with Gasteiger partial charge in [-0.15, -0.1) is 0 Å². The van der Waals surface area contributed by atoms with Gasteiger partial charge in [-0.05, 0) is 85.7 Å². The van der Waals surface area contributed by atoms with Crippen molar-refractivity contribution in [3.8, 4) is 5.75 Å². The Morgan fingerprint density at radius 2 is 1.41 bits per heavy atom. The third kappa shape index (κ3) is 5.22. The van der Waals surface area contributed by atoms with Gasteiger partial charge in [-0.3, -0.25) is 29.3 Å². The molecule has 0 radical (unpaired) electrons. The maximum Gasteiger partial charge on any atom is 0.343 e. The normalized spacial score (nSPS) is 21.7. The molecule has 3 aliphatic rings. The zero-order valence-corrected chi connectivity index (χ0v) is 24.4. The molecular weight excluding hydrogens is 613 g/mol. The van der Waals surface area contributed by atoms with E-state index in [1.54, 1.807) is 0 Å². The number of carbonyl (C=O) groups excluding carboxylic acids is 5. The topological polar surface area (TPSA) is 144 Å². The van der Waals surface area contributed by atoms with Crippen molar-refractivity contribution in [3.63, 3.8) is 0 Å². The smallest absolute Gasteiger partial charge is 0.343 e. The van der Waals surface area contributed by atoms with E-state index in [9.17, 15) is 34.1 Å². The number of benzene rings is 3. The Morgan fingerprint density at radius 1 is 0.841 bits per heavy atom. The zero-order valence-electron chi connectivity index (χ0n) is 22.9. The summed E-state index contributed by atoms with van der Waals surface area (Å²) in [4.78, 5) is 77.1. The number of ether oxygens (including phenoxy) is 1. The molecule has 4 atom stereocenters. The van der Waals surface area contributed by atoms with Gasteiger partial charge in [0.1, 0.15) is 12.3 Å². The molecule has 2 aliphatic carbocycles. The minimum absolute atomic E-state index is 0.0429. The van der Waals surface area contributed by atoms with Gasteiger partial charge in [-0.25, -0.2) is 9.80 Å². The van der Waals surface area contributed by atoms with Gasteiger partial charge in [0.15, 0.2) is 5.78 Å². The fourth-order valence-corrected chi connectivity index (χ4v) is 6.76. The first-order valence-electron chi connectivity index (χ1n) is 13.8. The lowest BCUT2D eigenvalue weighted by Gasteiger charge is -2.31. The first kappa shape index (κ1) is 29.5. The molecule has 1 heterocycles. The third-order valence-electron chi connectivity index (χ3n) is 8.54. The van der Waals surface area contributed by atoms with Crippen LogP contribution >= 0.6 is 23.2 Å². The molecular formula is C31H23Cl2N3O8. The van der Waals surface area contributed by atoms with Crippen LogP contribution in [0.3, 0.4) is 0 Å². The average molecular weight is 636 g/mol. The van der Waals surface area contributed by atoms with Crippen LogP contribution in [0.4, 0.5) is 5.69 Å². The molecule has 3 aromatic carbocycles. The molecule has 2 saturated carbocycles. The van der Waals surface area contributed by atoms with Crippen LogP contribution < -0.4 is 4.74 Å². The second kappa shape index (κ2) is 11.5. The molecule has 0 unspecified atom stereocenters. The van der Waals surface area contributed by atoms with Crippen molar-refractivity contribution in [2.45, 2.75) is 19.3 Å². The number of nitrogens with zero attached hydrogens (tertiary/aromatic N) is 3. The molecule has 0 spiro atoms. The van der Waals surface area contributed by atoms with E-state index in [0.29, 0.717) is 0 Å². The van der Waals surface area contributed by atoms with Gasteiger partial charge in [0.25, 0.3) is 23.4 Å². The van der Waals surface area contributed by atoms with Gasteiger partial charge in [-0.2, -0.15) is 5.01 Å². The van der Waals surface area contributed by atoms with Crippen molar-refractivity contribution in [3.05, 3.63) is 104 Å². The minimum atomic E-state index is -0.764. The summed E-state index contributed by atoms with van der Waals surface area (Å²) in [6.07, 6.45) is 2.50. The lowest BCUT2D eigenvalue weighted by atomic mass is 9.81. The van der Waals surface area contributed by atoms with Crippen molar-refractivity contribution in [2.75, 3.05) is 6.54 Å². The molecule has 13 heteroatoms. The SMILES string of the molecule is O=C(CN(C(=O)c1ccc(Cl)c(Cl)c1)N1C(=O)[C@@H]2[C@H]3CC[C@@H](C3)[C@@H]2C1=O)c1ccc(OC(=O)c2ccc([N+](=O)[O-])cc2)cc1. The maximum absolute atomic E-state index is 13.8. The van der Waals surface area contributed by atoms with E-state index in [1.165, 1.54) is 66.7 Å². The lowest BCUT2D eigenvalue weighted by molar-refractivity contribution is -0.384. The van der Waals surface area contributed by atoms with E-state index in [4.69, 9.17) is 27.9 Å². The Hall–Kier alpha value is -4.61. The first-order valence-corrected chi connectivity index (χ1v) is 14.5. The van der Waals surface area contributed by atoms with Gasteiger partial charge >= 0.3 is 5.97 Å². The largest absolute Gasteiger partial charge is 0.423 e. The van der Waals surface area contributed by atoms with E-state index in [1.807, 2.05) is 0 Å². The van der Waals surface area contributed by atoms with Gasteiger partial charge < -0.3 is 4.74 Å². The standard InChI is InChI=1S/C31H23Cl2N3O8/c32-23-12-7-20(14-24(23)33)28(38)34(35-29(39)26-18-1-2-19(13-18)27(26)30(35)40)15-25(37)16-5-10-22(11-6-16)44-31(41)17-3-8-21(9-4-17)36(42)43/h3-12,14,18-19,26-27H,1-2,13,15H2/t18-,19-,26-,27+/m0/s1. The summed E-state index contributed by atoms with van der Waals surface area (Å²) in [5.74, 6) is -3.84. The third-order valence-corrected chi connectivity index (χ3v) is 9.28. The first-order chi connectivity index (χ1) is 21.0. The molecule has 0 aromatic heterocycles. The lowest BCUT2D eigenvalue weighted by Crippen LogP contribution is -2.52. The van der Waals surface area contributed by atoms with Crippen LogP contribution in [-0.2, 0) is 9.59 Å². The molecule has 3 fully saturated rings. The Kier molecular flexibility index (Phi) is 7.68. The number of fused-ring (bicyclic) bond motifs is 5. The number of nitro groups is 1. The van der Waals surface area contributed by atoms with Crippen LogP contribution in [-0.4, -0.2) is 51.0 Å². The van der Waals surface area contributed by atoms with Crippen molar-refractivity contribution >= 4 is 58.4 Å². The fourth-order valence-electron chi connectivity index (χ4n) is 6.46. The number of carbonyl (C=O) groups is 5. The van der Waals surface area contributed by atoms with Gasteiger partial charge in [0.2, 0.25) is 0 Å². The molecule has 2 bridgehead atoms. The number of halogens is 2. The highest BCUT2D eigenvalue weighted by molar-refractivity contribution is 6.42. The molecule has 224 valence electrons. The predicted molar refractivity (Wildman–Crippen MR) is 156 cm³/mol. The Balaban J connectivity index is 1.22. The van der Waals surface area contributed by atoms with E-state index >= 15 is 0 Å². The Morgan fingerprint density at radius 3 is 1.98 bits per heavy atom. The van der Waals surface area contributed by atoms with Gasteiger partial charge in [0, 0.05) is 23.3 Å². The van der Waals surface area contributed by atoms with Crippen LogP contribution in [0.2, 0.25) is 10.0 Å². The number of hydrogen-bond donors (Lipinski definition) is 0. The highest BCUT2D eigenvalue weighted by atomic mass is 35.5. The van der Waals surface area contributed by atoms with Crippen LogP contribution in [0.1, 0.15) is 50.3 Å². The molecule has 3 aromatic rings. The van der Waals surface area contributed by atoms with Crippen LogP contribution in [0.25, 0.3) is 0 Å². The van der Waals surface area contributed by atoms with E-state index in [-0.39, 0.29) is 50.0 Å². The second-order valence-corrected chi connectivity index (χ2v) is 11.8. The average Bonchev–Trinajstić information content (AvgIpc) is 3.71. The summed E-state index contributed by atoms with van der Waals surface area (Å²) in [5, 5.41) is 12.9. The second-order valence-electron chi connectivity index (χ2n) is 11.0. The van der Waals surface area contributed by atoms with Crippen LogP contribution in [0.5, 0.6) is 5.75 Å². The maximum atomic E-state index is 13.8. The number of esters is 1. The number of ketones is 1. The monoisotopic (exact) mass is 635 g/mol. The number of imide groups is 1. The fraction of sp³-hybridized carbons (Fsp3) is 0.258. The summed E-state index contributed by atoms with van der Waals surface area (Å²) in [6.45, 7) is -0.618. The van der Waals surface area contributed by atoms with E-state index < -0.39 is 52.8 Å². The molecule has 1 aliphatic heterocycles.